The minimum Gasteiger partial charge on any atom is -0.486 e. The van der Waals surface area contributed by atoms with Crippen molar-refractivity contribution in [1.29, 1.82) is 5.26 Å². The van der Waals surface area contributed by atoms with Gasteiger partial charge >= 0.3 is 0 Å². The van der Waals surface area contributed by atoms with Crippen LogP contribution >= 0.6 is 0 Å². The van der Waals surface area contributed by atoms with Crippen molar-refractivity contribution in [2.24, 2.45) is 0 Å². The normalized spacial score (nSPS) is 22.3. The Morgan fingerprint density at radius 2 is 2.04 bits per heavy atom. The number of ether oxygens (including phenoxy) is 1. The van der Waals surface area contributed by atoms with Crippen LogP contribution in [0.25, 0.3) is 0 Å². The highest BCUT2D eigenvalue weighted by atomic mass is 16.5. The third-order valence-corrected chi connectivity index (χ3v) is 5.33. The number of benzene rings is 1. The topological polar surface area (TPSA) is 66.2 Å². The lowest BCUT2D eigenvalue weighted by atomic mass is 9.84. The number of anilines is 1. The molecule has 1 saturated heterocycles. The second-order valence-electron chi connectivity index (χ2n) is 7.16. The number of fused-ring (bicyclic) bond motifs is 1. The van der Waals surface area contributed by atoms with E-state index in [2.05, 4.69) is 16.0 Å². The summed E-state index contributed by atoms with van der Waals surface area (Å²) in [7, 11) is 0. The van der Waals surface area contributed by atoms with Crippen molar-refractivity contribution in [3.8, 4) is 11.8 Å². The van der Waals surface area contributed by atoms with Crippen LogP contribution < -0.4 is 9.64 Å². The van der Waals surface area contributed by atoms with E-state index in [-0.39, 0.29) is 5.78 Å². The summed E-state index contributed by atoms with van der Waals surface area (Å²) in [4.78, 5) is 19.4. The Balaban J connectivity index is 1.59. The van der Waals surface area contributed by atoms with Crippen LogP contribution in [0.1, 0.15) is 47.3 Å². The number of ketones is 1. The molecular formula is C21H21N3O2. The summed E-state index contributed by atoms with van der Waals surface area (Å²) in [6.07, 6.45) is 2.89. The summed E-state index contributed by atoms with van der Waals surface area (Å²) < 4.78 is 6.34. The zero-order valence-electron chi connectivity index (χ0n) is 14.9. The molecule has 0 radical (unpaired) electrons. The minimum atomic E-state index is -0.448. The number of aryl methyl sites for hydroxylation is 1. The van der Waals surface area contributed by atoms with E-state index in [1.54, 1.807) is 0 Å². The summed E-state index contributed by atoms with van der Waals surface area (Å²) >= 11 is 0. The Morgan fingerprint density at radius 3 is 2.88 bits per heavy atom. The van der Waals surface area contributed by atoms with Gasteiger partial charge in [0.1, 0.15) is 23.2 Å². The molecule has 1 spiro atoms. The molecule has 2 aliphatic heterocycles. The number of carbonyl (C=O) groups excluding carboxylic acids is 1. The fourth-order valence-corrected chi connectivity index (χ4v) is 3.97. The highest BCUT2D eigenvalue weighted by Crippen LogP contribution is 2.39. The SMILES string of the molecule is Cc1ccc(C#N)c(N2CCCC3(CC2)CC(=O)c2ccccc2O3)n1. The lowest BCUT2D eigenvalue weighted by molar-refractivity contribution is 0.0323. The molecule has 1 aromatic heterocycles. The molecule has 5 heteroatoms. The number of nitriles is 1. The van der Waals surface area contributed by atoms with Crippen molar-refractivity contribution in [2.75, 3.05) is 18.0 Å². The number of hydrogen-bond donors (Lipinski definition) is 0. The molecule has 0 N–H and O–H groups in total. The van der Waals surface area contributed by atoms with E-state index in [0.29, 0.717) is 23.3 Å². The maximum atomic E-state index is 12.6. The minimum absolute atomic E-state index is 0.159. The molecule has 1 fully saturated rings. The molecule has 3 heterocycles. The monoisotopic (exact) mass is 347 g/mol. The number of para-hydroxylation sites is 1. The van der Waals surface area contributed by atoms with Gasteiger partial charge in [-0.2, -0.15) is 5.26 Å². The van der Waals surface area contributed by atoms with Crippen molar-refractivity contribution in [2.45, 2.75) is 38.2 Å². The summed E-state index contributed by atoms with van der Waals surface area (Å²) in [6.45, 7) is 3.47. The van der Waals surface area contributed by atoms with Crippen LogP contribution in [0.15, 0.2) is 36.4 Å². The summed E-state index contributed by atoms with van der Waals surface area (Å²) in [5, 5.41) is 9.41. The van der Waals surface area contributed by atoms with Crippen molar-refractivity contribution >= 4 is 11.6 Å². The van der Waals surface area contributed by atoms with Gasteiger partial charge in [-0.1, -0.05) is 12.1 Å². The zero-order valence-corrected chi connectivity index (χ0v) is 14.9. The van der Waals surface area contributed by atoms with Gasteiger partial charge in [-0.25, -0.2) is 4.98 Å². The maximum Gasteiger partial charge on any atom is 0.170 e. The smallest absolute Gasteiger partial charge is 0.170 e. The van der Waals surface area contributed by atoms with Crippen LogP contribution in [-0.4, -0.2) is 29.5 Å². The molecular weight excluding hydrogens is 326 g/mol. The van der Waals surface area contributed by atoms with E-state index in [1.807, 2.05) is 43.3 Å². The Morgan fingerprint density at radius 1 is 1.19 bits per heavy atom. The quantitative estimate of drug-likeness (QED) is 0.788. The van der Waals surface area contributed by atoms with Crippen LogP contribution in [0, 0.1) is 18.3 Å². The molecule has 1 unspecified atom stereocenters. The molecule has 5 nitrogen and oxygen atoms in total. The van der Waals surface area contributed by atoms with Gasteiger partial charge in [-0.05, 0) is 44.0 Å². The van der Waals surface area contributed by atoms with Crippen LogP contribution in [0.3, 0.4) is 0 Å². The number of pyridine rings is 1. The number of Topliss-reactive ketones (excluding diaryl/α,β-unsaturated/α-hetero) is 1. The predicted molar refractivity (Wildman–Crippen MR) is 98.5 cm³/mol. The Labute approximate surface area is 153 Å². The van der Waals surface area contributed by atoms with Gasteiger partial charge in [0.05, 0.1) is 17.5 Å². The molecule has 2 aromatic rings. The van der Waals surface area contributed by atoms with Gasteiger partial charge in [0.2, 0.25) is 0 Å². The molecule has 26 heavy (non-hydrogen) atoms. The van der Waals surface area contributed by atoms with E-state index >= 15 is 0 Å². The molecule has 0 amide bonds. The average molecular weight is 347 g/mol. The van der Waals surface area contributed by atoms with Gasteiger partial charge in [0, 0.05) is 25.2 Å². The Bertz CT molecular complexity index is 902. The van der Waals surface area contributed by atoms with E-state index in [9.17, 15) is 10.1 Å². The maximum absolute atomic E-state index is 12.6. The number of aromatic nitrogens is 1. The first-order chi connectivity index (χ1) is 12.6. The first kappa shape index (κ1) is 16.6. The van der Waals surface area contributed by atoms with E-state index in [0.717, 1.165) is 43.9 Å². The van der Waals surface area contributed by atoms with Crippen molar-refractivity contribution in [3.05, 3.63) is 53.2 Å². The van der Waals surface area contributed by atoms with E-state index < -0.39 is 5.60 Å². The van der Waals surface area contributed by atoms with Crippen molar-refractivity contribution < 1.29 is 9.53 Å². The second-order valence-corrected chi connectivity index (χ2v) is 7.16. The molecule has 1 aromatic carbocycles. The molecule has 132 valence electrons. The van der Waals surface area contributed by atoms with Crippen LogP contribution in [0.4, 0.5) is 5.82 Å². The van der Waals surface area contributed by atoms with Gasteiger partial charge in [0.15, 0.2) is 5.78 Å². The lowest BCUT2D eigenvalue weighted by Crippen LogP contribution is -2.43. The number of carbonyl (C=O) groups is 1. The average Bonchev–Trinajstić information content (AvgIpc) is 2.84. The van der Waals surface area contributed by atoms with Crippen molar-refractivity contribution in [1.82, 2.24) is 4.98 Å². The van der Waals surface area contributed by atoms with Gasteiger partial charge in [-0.3, -0.25) is 4.79 Å². The first-order valence-electron chi connectivity index (χ1n) is 9.04. The third-order valence-electron chi connectivity index (χ3n) is 5.33. The first-order valence-corrected chi connectivity index (χ1v) is 9.04. The fraction of sp³-hybridized carbons (Fsp3) is 0.381. The van der Waals surface area contributed by atoms with Gasteiger partial charge < -0.3 is 9.64 Å². The Kier molecular flexibility index (Phi) is 4.12. The number of rotatable bonds is 1. The van der Waals surface area contributed by atoms with Crippen molar-refractivity contribution in [3.63, 3.8) is 0 Å². The highest BCUT2D eigenvalue weighted by molar-refractivity contribution is 6.00. The van der Waals surface area contributed by atoms with Crippen LogP contribution in [0.2, 0.25) is 0 Å². The van der Waals surface area contributed by atoms with Gasteiger partial charge in [-0.15, -0.1) is 0 Å². The molecule has 0 bridgehead atoms. The number of hydrogen-bond acceptors (Lipinski definition) is 5. The van der Waals surface area contributed by atoms with E-state index in [1.165, 1.54) is 0 Å². The molecule has 2 aliphatic rings. The summed E-state index contributed by atoms with van der Waals surface area (Å²) in [6, 6.07) is 13.4. The third kappa shape index (κ3) is 2.92. The van der Waals surface area contributed by atoms with Gasteiger partial charge in [0.25, 0.3) is 0 Å². The standard InChI is InChI=1S/C21H21N3O2/c1-15-7-8-16(14-22)20(23-15)24-11-4-9-21(10-12-24)13-18(25)17-5-2-3-6-19(17)26-21/h2-3,5-8H,4,9-13H2,1H3. The fourth-order valence-electron chi connectivity index (χ4n) is 3.97. The predicted octanol–water partition coefficient (Wildman–Crippen LogP) is 3.66. The Hall–Kier alpha value is -2.87. The molecule has 1 atom stereocenters. The summed E-state index contributed by atoms with van der Waals surface area (Å²) in [5.41, 5.74) is 1.73. The molecule has 4 rings (SSSR count). The summed E-state index contributed by atoms with van der Waals surface area (Å²) in [5.74, 6) is 1.60. The molecule has 0 saturated carbocycles. The van der Waals surface area contributed by atoms with E-state index in [4.69, 9.17) is 4.74 Å². The molecule has 0 aliphatic carbocycles. The van der Waals surface area contributed by atoms with Crippen LogP contribution in [0.5, 0.6) is 5.75 Å². The largest absolute Gasteiger partial charge is 0.486 e. The zero-order chi connectivity index (χ0) is 18.1. The second kappa shape index (κ2) is 6.45. The van der Waals surface area contributed by atoms with Crippen LogP contribution in [-0.2, 0) is 0 Å². The highest BCUT2D eigenvalue weighted by Gasteiger charge is 2.41. The number of nitrogens with zero attached hydrogens (tertiary/aromatic N) is 3. The lowest BCUT2D eigenvalue weighted by Gasteiger charge is -2.37.